The predicted molar refractivity (Wildman–Crippen MR) is 106 cm³/mol. The van der Waals surface area contributed by atoms with Crippen molar-refractivity contribution in [2.45, 2.75) is 26.7 Å². The highest BCUT2D eigenvalue weighted by Gasteiger charge is 2.14. The first-order chi connectivity index (χ1) is 12.8. The van der Waals surface area contributed by atoms with Gasteiger partial charge in [-0.3, -0.25) is 0 Å². The summed E-state index contributed by atoms with van der Waals surface area (Å²) in [6.45, 7) is 14.2. The lowest BCUT2D eigenvalue weighted by molar-refractivity contribution is -0.144. The number of ether oxygens (including phenoxy) is 2. The molecule has 0 saturated heterocycles. The fourth-order valence-electron chi connectivity index (χ4n) is 1.27. The second kappa shape index (κ2) is 17.7. The largest absolute Gasteiger partial charge is 0.477 e. The molecule has 0 aliphatic rings. The zero-order chi connectivity index (χ0) is 21.1. The standard InChI is InChI=1S/C8H8.C7H12O2.C6H8O4/c1-2-8-6-4-3-5-7-8;1-3-5-6-9-7(8)4-2;1-3-10-6(9)4(2)5(7)8/h2-7H,1H2;4H,2-3,5-6H2,1H3;2-3H2,1H3,(H,7,8). The van der Waals surface area contributed by atoms with Crippen LogP contribution < -0.4 is 0 Å². The van der Waals surface area contributed by atoms with Crippen molar-refractivity contribution in [2.24, 2.45) is 0 Å². The number of carbonyl (C=O) groups excluding carboxylic acids is 2. The molecule has 0 unspecified atom stereocenters. The minimum absolute atomic E-state index is 0.158. The van der Waals surface area contributed by atoms with E-state index in [1.165, 1.54) is 11.6 Å². The zero-order valence-corrected chi connectivity index (χ0v) is 16.0. The third-order valence-corrected chi connectivity index (χ3v) is 2.72. The highest BCUT2D eigenvalue weighted by atomic mass is 16.5. The molecule has 0 radical (unpaired) electrons. The number of carboxylic acid groups (broad SMARTS) is 1. The normalized spacial score (nSPS) is 8.52. The molecule has 0 bridgehead atoms. The lowest BCUT2D eigenvalue weighted by Gasteiger charge is -1.98. The van der Waals surface area contributed by atoms with E-state index < -0.39 is 17.5 Å². The third-order valence-electron chi connectivity index (χ3n) is 2.72. The molecule has 0 aromatic heterocycles. The summed E-state index contributed by atoms with van der Waals surface area (Å²) in [5.74, 6) is -2.56. The molecule has 0 saturated carbocycles. The zero-order valence-electron chi connectivity index (χ0n) is 16.0. The Hall–Kier alpha value is -3.15. The maximum atomic E-state index is 10.5. The Bertz CT molecular complexity index is 604. The van der Waals surface area contributed by atoms with Crippen molar-refractivity contribution in [3.05, 3.63) is 67.3 Å². The lowest BCUT2D eigenvalue weighted by Crippen LogP contribution is -2.13. The summed E-state index contributed by atoms with van der Waals surface area (Å²) < 4.78 is 9.02. The van der Waals surface area contributed by atoms with E-state index in [2.05, 4.69) is 29.2 Å². The highest BCUT2D eigenvalue weighted by molar-refractivity contribution is 6.12. The number of aliphatic carboxylic acids is 1. The Balaban J connectivity index is 0. The molecule has 1 aromatic carbocycles. The number of carboxylic acids is 1. The van der Waals surface area contributed by atoms with Crippen LogP contribution in [0.5, 0.6) is 0 Å². The summed E-state index contributed by atoms with van der Waals surface area (Å²) in [6, 6.07) is 10.0. The Morgan fingerprint density at radius 3 is 2.04 bits per heavy atom. The molecule has 0 atom stereocenters. The average molecular weight is 376 g/mol. The first-order valence-electron chi connectivity index (χ1n) is 8.39. The van der Waals surface area contributed by atoms with Crippen molar-refractivity contribution < 1.29 is 29.0 Å². The monoisotopic (exact) mass is 376 g/mol. The van der Waals surface area contributed by atoms with Gasteiger partial charge in [-0.15, -0.1) is 0 Å². The Labute approximate surface area is 160 Å². The van der Waals surface area contributed by atoms with Crippen LogP contribution in [-0.4, -0.2) is 36.2 Å². The molecule has 0 amide bonds. The van der Waals surface area contributed by atoms with Gasteiger partial charge in [0, 0.05) is 6.08 Å². The van der Waals surface area contributed by atoms with Crippen molar-refractivity contribution in [3.63, 3.8) is 0 Å². The number of hydrogen-bond donors (Lipinski definition) is 1. The molecule has 1 N–H and O–H groups in total. The first-order valence-corrected chi connectivity index (χ1v) is 8.39. The lowest BCUT2D eigenvalue weighted by atomic mass is 10.2. The molecule has 1 rings (SSSR count). The van der Waals surface area contributed by atoms with Gasteiger partial charge in [-0.25, -0.2) is 14.4 Å². The van der Waals surface area contributed by atoms with Gasteiger partial charge in [0.2, 0.25) is 0 Å². The van der Waals surface area contributed by atoms with E-state index in [1.54, 1.807) is 6.92 Å². The second-order valence-corrected chi connectivity index (χ2v) is 4.84. The summed E-state index contributed by atoms with van der Waals surface area (Å²) in [5.41, 5.74) is 0.634. The first kappa shape index (κ1) is 26.1. The van der Waals surface area contributed by atoms with Crippen LogP contribution >= 0.6 is 0 Å². The van der Waals surface area contributed by atoms with Gasteiger partial charge in [0.1, 0.15) is 5.57 Å². The van der Waals surface area contributed by atoms with Crippen LogP contribution in [0, 0.1) is 0 Å². The number of unbranched alkanes of at least 4 members (excludes halogenated alkanes) is 1. The fourth-order valence-corrected chi connectivity index (χ4v) is 1.27. The van der Waals surface area contributed by atoms with Gasteiger partial charge in [0.15, 0.2) is 0 Å². The summed E-state index contributed by atoms with van der Waals surface area (Å²) in [7, 11) is 0. The van der Waals surface area contributed by atoms with Gasteiger partial charge in [-0.2, -0.15) is 0 Å². The number of rotatable bonds is 8. The maximum absolute atomic E-state index is 10.5. The predicted octanol–water partition coefficient (Wildman–Crippen LogP) is 4.04. The second-order valence-electron chi connectivity index (χ2n) is 4.84. The van der Waals surface area contributed by atoms with E-state index in [9.17, 15) is 14.4 Å². The van der Waals surface area contributed by atoms with Gasteiger partial charge >= 0.3 is 17.9 Å². The van der Waals surface area contributed by atoms with Crippen molar-refractivity contribution >= 4 is 24.0 Å². The molecule has 0 aliphatic carbocycles. The molecule has 27 heavy (non-hydrogen) atoms. The van der Waals surface area contributed by atoms with E-state index in [0.717, 1.165) is 12.8 Å². The van der Waals surface area contributed by atoms with Crippen LogP contribution in [0.3, 0.4) is 0 Å². The van der Waals surface area contributed by atoms with Crippen LogP contribution in [0.1, 0.15) is 32.3 Å². The molecular weight excluding hydrogens is 348 g/mol. The molecule has 1 aromatic rings. The number of carbonyl (C=O) groups is 3. The van der Waals surface area contributed by atoms with Gasteiger partial charge in [-0.05, 0) is 18.9 Å². The summed E-state index contributed by atoms with van der Waals surface area (Å²) in [5, 5.41) is 8.18. The summed E-state index contributed by atoms with van der Waals surface area (Å²) in [4.78, 5) is 30.8. The Morgan fingerprint density at radius 2 is 1.67 bits per heavy atom. The van der Waals surface area contributed by atoms with E-state index in [0.29, 0.717) is 6.61 Å². The molecule has 0 aliphatic heterocycles. The number of hydrogen-bond acceptors (Lipinski definition) is 5. The molecule has 148 valence electrons. The van der Waals surface area contributed by atoms with Gasteiger partial charge in [0.05, 0.1) is 13.2 Å². The minimum Gasteiger partial charge on any atom is -0.477 e. The van der Waals surface area contributed by atoms with Crippen LogP contribution in [-0.2, 0) is 23.9 Å². The van der Waals surface area contributed by atoms with Crippen molar-refractivity contribution in [2.75, 3.05) is 13.2 Å². The average Bonchev–Trinajstić information content (AvgIpc) is 2.69. The SMILES string of the molecule is C=C(C(=O)O)C(=O)OCC.C=CC(=O)OCCCC.C=Cc1ccccc1. The molecule has 6 nitrogen and oxygen atoms in total. The molecule has 0 spiro atoms. The van der Waals surface area contributed by atoms with Crippen LogP contribution in [0.4, 0.5) is 0 Å². The highest BCUT2D eigenvalue weighted by Crippen LogP contribution is 1.97. The summed E-state index contributed by atoms with van der Waals surface area (Å²) >= 11 is 0. The van der Waals surface area contributed by atoms with Gasteiger partial charge in [-0.1, -0.05) is 69.5 Å². The number of esters is 2. The van der Waals surface area contributed by atoms with Crippen molar-refractivity contribution in [1.29, 1.82) is 0 Å². The minimum atomic E-state index is -1.35. The quantitative estimate of drug-likeness (QED) is 0.242. The van der Waals surface area contributed by atoms with Crippen LogP contribution in [0.15, 0.2) is 61.7 Å². The van der Waals surface area contributed by atoms with Gasteiger partial charge < -0.3 is 14.6 Å². The van der Waals surface area contributed by atoms with E-state index in [-0.39, 0.29) is 12.6 Å². The Kier molecular flexibility index (Phi) is 17.1. The van der Waals surface area contributed by atoms with Crippen LogP contribution in [0.2, 0.25) is 0 Å². The maximum Gasteiger partial charge on any atom is 0.344 e. The molecule has 0 fully saturated rings. The van der Waals surface area contributed by atoms with E-state index in [1.807, 2.05) is 43.3 Å². The van der Waals surface area contributed by atoms with Crippen molar-refractivity contribution in [3.8, 4) is 0 Å². The Morgan fingerprint density at radius 1 is 1.07 bits per heavy atom. The third kappa shape index (κ3) is 16.1. The molecular formula is C21H28O6. The topological polar surface area (TPSA) is 89.9 Å². The van der Waals surface area contributed by atoms with E-state index in [4.69, 9.17) is 5.11 Å². The van der Waals surface area contributed by atoms with Crippen LogP contribution in [0.25, 0.3) is 6.08 Å². The fraction of sp³-hybridized carbons (Fsp3) is 0.286. The molecule has 6 heteroatoms. The van der Waals surface area contributed by atoms with Gasteiger partial charge in [0.25, 0.3) is 0 Å². The number of benzene rings is 1. The molecule has 0 heterocycles. The van der Waals surface area contributed by atoms with Crippen molar-refractivity contribution in [1.82, 2.24) is 0 Å². The van der Waals surface area contributed by atoms with E-state index >= 15 is 0 Å². The smallest absolute Gasteiger partial charge is 0.344 e. The summed E-state index contributed by atoms with van der Waals surface area (Å²) in [6.07, 6.45) is 4.99.